The van der Waals surface area contributed by atoms with E-state index in [2.05, 4.69) is 25.1 Å². The lowest BCUT2D eigenvalue weighted by molar-refractivity contribution is 0.372. The first-order valence-corrected chi connectivity index (χ1v) is 7.31. The van der Waals surface area contributed by atoms with E-state index in [0.29, 0.717) is 11.4 Å². The molecule has 3 aromatic heterocycles. The van der Waals surface area contributed by atoms with Gasteiger partial charge in [0.15, 0.2) is 5.82 Å². The van der Waals surface area contributed by atoms with Crippen molar-refractivity contribution in [1.82, 2.24) is 25.1 Å². The average Bonchev–Trinajstić information content (AvgIpc) is 3.17. The number of fused-ring (bicyclic) bond motifs is 1. The van der Waals surface area contributed by atoms with Crippen LogP contribution >= 0.6 is 12.4 Å². The Morgan fingerprint density at radius 2 is 1.96 bits per heavy atom. The standard InChI is InChI=1S/C14H14N6O3.ClH/c15-14(3-1-2-4-14)12-19-11(23-20-12)7-5-8-9(16-6-7)17-13(22)18-10(8)21;/h5-6H,1-4,15H2,(H2,16,17,18,21,22);1H. The fraction of sp³-hybridized carbons (Fsp3) is 0.357. The Balaban J connectivity index is 0.00000169. The van der Waals surface area contributed by atoms with E-state index in [1.165, 1.54) is 6.20 Å². The highest BCUT2D eigenvalue weighted by molar-refractivity contribution is 5.85. The largest absolute Gasteiger partial charge is 0.334 e. The van der Waals surface area contributed by atoms with Crippen LogP contribution in [0.5, 0.6) is 0 Å². The number of halogens is 1. The predicted molar refractivity (Wildman–Crippen MR) is 87.9 cm³/mol. The highest BCUT2D eigenvalue weighted by Gasteiger charge is 2.36. The molecule has 0 spiro atoms. The molecule has 0 amide bonds. The van der Waals surface area contributed by atoms with Crippen LogP contribution in [0, 0.1) is 0 Å². The van der Waals surface area contributed by atoms with Crippen molar-refractivity contribution in [3.63, 3.8) is 0 Å². The summed E-state index contributed by atoms with van der Waals surface area (Å²) in [7, 11) is 0. The van der Waals surface area contributed by atoms with Crippen molar-refractivity contribution in [1.29, 1.82) is 0 Å². The molecular weight excluding hydrogens is 336 g/mol. The van der Waals surface area contributed by atoms with Gasteiger partial charge in [-0.15, -0.1) is 12.4 Å². The van der Waals surface area contributed by atoms with Gasteiger partial charge in [-0.2, -0.15) is 4.98 Å². The van der Waals surface area contributed by atoms with Crippen molar-refractivity contribution in [3.05, 3.63) is 38.9 Å². The fourth-order valence-corrected chi connectivity index (χ4v) is 2.94. The van der Waals surface area contributed by atoms with Gasteiger partial charge in [0.25, 0.3) is 11.4 Å². The van der Waals surface area contributed by atoms with E-state index in [0.717, 1.165) is 25.7 Å². The topological polar surface area (TPSA) is 144 Å². The molecule has 126 valence electrons. The maximum absolute atomic E-state index is 11.8. The third kappa shape index (κ3) is 2.61. The van der Waals surface area contributed by atoms with Crippen LogP contribution in [0.2, 0.25) is 0 Å². The van der Waals surface area contributed by atoms with Crippen LogP contribution in [0.25, 0.3) is 22.5 Å². The lowest BCUT2D eigenvalue weighted by Gasteiger charge is -2.17. The van der Waals surface area contributed by atoms with Crippen LogP contribution in [-0.2, 0) is 5.54 Å². The predicted octanol–water partition coefficient (Wildman–Crippen LogP) is 0.811. The highest BCUT2D eigenvalue weighted by Crippen LogP contribution is 2.35. The minimum atomic E-state index is -0.603. The average molecular weight is 351 g/mol. The van der Waals surface area contributed by atoms with Gasteiger partial charge in [0, 0.05) is 6.20 Å². The monoisotopic (exact) mass is 350 g/mol. The van der Waals surface area contributed by atoms with Gasteiger partial charge in [-0.05, 0) is 18.9 Å². The third-order valence-corrected chi connectivity index (χ3v) is 4.21. The zero-order valence-corrected chi connectivity index (χ0v) is 13.4. The summed E-state index contributed by atoms with van der Waals surface area (Å²) in [5, 5.41) is 4.22. The Hall–Kier alpha value is -2.52. The van der Waals surface area contributed by atoms with Gasteiger partial charge < -0.3 is 10.3 Å². The SMILES string of the molecule is Cl.NC1(c2noc(-c3cnc4[nH]c(=O)[nH]c(=O)c4c3)n2)CCCC1. The number of nitrogens with two attached hydrogens (primary N) is 1. The molecule has 3 heterocycles. The molecule has 4 N–H and O–H groups in total. The maximum Gasteiger partial charge on any atom is 0.327 e. The van der Waals surface area contributed by atoms with Gasteiger partial charge in [-0.25, -0.2) is 9.78 Å². The van der Waals surface area contributed by atoms with E-state index in [9.17, 15) is 9.59 Å². The summed E-state index contributed by atoms with van der Waals surface area (Å²) < 4.78 is 5.28. The molecule has 1 saturated carbocycles. The number of hydrogen-bond acceptors (Lipinski definition) is 7. The molecule has 24 heavy (non-hydrogen) atoms. The number of hydrogen-bond donors (Lipinski definition) is 3. The van der Waals surface area contributed by atoms with E-state index in [1.807, 2.05) is 0 Å². The summed E-state index contributed by atoms with van der Waals surface area (Å²) in [6.07, 6.45) is 5.19. The van der Waals surface area contributed by atoms with Crippen LogP contribution < -0.4 is 17.0 Å². The lowest BCUT2D eigenvalue weighted by atomic mass is 9.99. The van der Waals surface area contributed by atoms with E-state index in [4.69, 9.17) is 10.3 Å². The Morgan fingerprint density at radius 1 is 1.21 bits per heavy atom. The fourth-order valence-electron chi connectivity index (χ4n) is 2.94. The Morgan fingerprint density at radius 3 is 2.71 bits per heavy atom. The first-order valence-electron chi connectivity index (χ1n) is 7.31. The number of aromatic nitrogens is 5. The summed E-state index contributed by atoms with van der Waals surface area (Å²) in [6, 6.07) is 1.55. The molecule has 3 aromatic rings. The summed E-state index contributed by atoms with van der Waals surface area (Å²) >= 11 is 0. The molecule has 0 atom stereocenters. The first kappa shape index (κ1) is 16.3. The second kappa shape index (κ2) is 5.84. The smallest absolute Gasteiger partial charge is 0.327 e. The van der Waals surface area contributed by atoms with Crippen LogP contribution in [-0.4, -0.2) is 25.1 Å². The molecule has 1 fully saturated rings. The Labute approximate surface area is 141 Å². The van der Waals surface area contributed by atoms with E-state index in [1.54, 1.807) is 6.07 Å². The van der Waals surface area contributed by atoms with Crippen molar-refractivity contribution in [2.75, 3.05) is 0 Å². The van der Waals surface area contributed by atoms with Crippen molar-refractivity contribution in [3.8, 4) is 11.5 Å². The van der Waals surface area contributed by atoms with Gasteiger partial charge in [-0.3, -0.25) is 14.8 Å². The summed E-state index contributed by atoms with van der Waals surface area (Å²) in [6.45, 7) is 0. The van der Waals surface area contributed by atoms with Crippen LogP contribution in [0.3, 0.4) is 0 Å². The Bertz CT molecular complexity index is 1000. The van der Waals surface area contributed by atoms with Crippen molar-refractivity contribution < 1.29 is 4.52 Å². The highest BCUT2D eigenvalue weighted by atomic mass is 35.5. The zero-order valence-electron chi connectivity index (χ0n) is 12.5. The molecule has 1 aliphatic rings. The molecule has 0 bridgehead atoms. The Kier molecular flexibility index (Phi) is 3.98. The minimum Gasteiger partial charge on any atom is -0.334 e. The molecule has 1 aliphatic carbocycles. The quantitative estimate of drug-likeness (QED) is 0.620. The first-order chi connectivity index (χ1) is 11.0. The van der Waals surface area contributed by atoms with Crippen molar-refractivity contribution in [2.45, 2.75) is 31.2 Å². The summed E-state index contributed by atoms with van der Waals surface area (Å²) in [4.78, 5) is 36.1. The second-order valence-corrected chi connectivity index (χ2v) is 5.81. The number of rotatable bonds is 2. The molecule has 4 rings (SSSR count). The van der Waals surface area contributed by atoms with E-state index < -0.39 is 16.8 Å². The van der Waals surface area contributed by atoms with Crippen LogP contribution in [0.4, 0.5) is 0 Å². The van der Waals surface area contributed by atoms with Gasteiger partial charge in [0.2, 0.25) is 0 Å². The number of nitrogens with zero attached hydrogens (tertiary/aromatic N) is 3. The minimum absolute atomic E-state index is 0. The normalized spacial score (nSPS) is 16.2. The van der Waals surface area contributed by atoms with Gasteiger partial charge in [-0.1, -0.05) is 18.0 Å². The maximum atomic E-state index is 11.8. The second-order valence-electron chi connectivity index (χ2n) is 5.81. The molecule has 9 nitrogen and oxygen atoms in total. The molecule has 0 saturated heterocycles. The lowest BCUT2D eigenvalue weighted by Crippen LogP contribution is -2.34. The molecule has 0 aromatic carbocycles. The van der Waals surface area contributed by atoms with Gasteiger partial charge >= 0.3 is 5.69 Å². The molecule has 10 heteroatoms. The zero-order chi connectivity index (χ0) is 16.0. The third-order valence-electron chi connectivity index (χ3n) is 4.21. The molecule has 0 unspecified atom stereocenters. The number of nitrogens with one attached hydrogen (secondary N) is 2. The van der Waals surface area contributed by atoms with Gasteiger partial charge in [0.1, 0.15) is 5.65 Å². The van der Waals surface area contributed by atoms with Crippen molar-refractivity contribution >= 4 is 23.4 Å². The molecular formula is C14H15ClN6O3. The van der Waals surface area contributed by atoms with Crippen molar-refractivity contribution in [2.24, 2.45) is 5.73 Å². The number of pyridine rings is 1. The molecule has 0 aliphatic heterocycles. The number of aromatic amines is 2. The summed E-state index contributed by atoms with van der Waals surface area (Å²) in [5.74, 6) is 0.720. The number of H-pyrrole nitrogens is 2. The van der Waals surface area contributed by atoms with Gasteiger partial charge in [0.05, 0.1) is 16.5 Å². The van der Waals surface area contributed by atoms with Crippen LogP contribution in [0.1, 0.15) is 31.5 Å². The van der Waals surface area contributed by atoms with E-state index in [-0.39, 0.29) is 29.3 Å². The summed E-state index contributed by atoms with van der Waals surface area (Å²) in [5.41, 5.74) is 5.33. The molecule has 0 radical (unpaired) electrons. The van der Waals surface area contributed by atoms with Crippen LogP contribution in [0.15, 0.2) is 26.4 Å². The van der Waals surface area contributed by atoms with E-state index >= 15 is 0 Å².